The molecule has 0 bridgehead atoms. The van der Waals surface area contributed by atoms with Crippen molar-refractivity contribution in [1.82, 2.24) is 0 Å². The Morgan fingerprint density at radius 3 is 2.33 bits per heavy atom. The predicted molar refractivity (Wildman–Crippen MR) is 132 cm³/mol. The molecule has 9 atom stereocenters. The first-order chi connectivity index (χ1) is 17.4. The van der Waals surface area contributed by atoms with Gasteiger partial charge in [-0.2, -0.15) is 0 Å². The van der Waals surface area contributed by atoms with Gasteiger partial charge in [0.25, 0.3) is 0 Å². The Kier molecular flexibility index (Phi) is 12.5. The summed E-state index contributed by atoms with van der Waals surface area (Å²) in [5.74, 6) is 0. The number of aliphatic hydroxyl groups excluding tert-OH is 4. The summed E-state index contributed by atoms with van der Waals surface area (Å²) in [6.07, 6.45) is -1.83. The normalized spacial score (nSPS) is 35.1. The number of ether oxygens (including phenoxy) is 5. The maximum Gasteiger partial charge on any atom is 0.187 e. The van der Waals surface area contributed by atoms with Crippen molar-refractivity contribution in [3.8, 4) is 0 Å². The summed E-state index contributed by atoms with van der Waals surface area (Å²) in [4.78, 5) is 0. The molecule has 206 valence electrons. The van der Waals surface area contributed by atoms with E-state index >= 15 is 0 Å². The van der Waals surface area contributed by atoms with Crippen molar-refractivity contribution < 1.29 is 44.1 Å². The van der Waals surface area contributed by atoms with E-state index in [-0.39, 0.29) is 18.6 Å². The molecule has 0 radical (unpaired) electrons. The van der Waals surface area contributed by atoms with Crippen molar-refractivity contribution in [1.29, 1.82) is 0 Å². The van der Waals surface area contributed by atoms with E-state index in [4.69, 9.17) is 23.7 Å². The van der Waals surface area contributed by atoms with Crippen molar-refractivity contribution in [3.63, 3.8) is 0 Å². The smallest absolute Gasteiger partial charge is 0.187 e. The maximum absolute atomic E-state index is 10.7. The van der Waals surface area contributed by atoms with Crippen LogP contribution in [0.15, 0.2) is 30.3 Å². The molecule has 4 N–H and O–H groups in total. The Morgan fingerprint density at radius 1 is 0.889 bits per heavy atom. The van der Waals surface area contributed by atoms with Crippen molar-refractivity contribution >= 4 is 0 Å². The van der Waals surface area contributed by atoms with Crippen LogP contribution < -0.4 is 0 Å². The zero-order valence-electron chi connectivity index (χ0n) is 21.5. The van der Waals surface area contributed by atoms with Gasteiger partial charge in [-0.25, -0.2) is 0 Å². The molecule has 9 nitrogen and oxygen atoms in total. The molecule has 0 aromatic heterocycles. The van der Waals surface area contributed by atoms with Crippen LogP contribution in [0.25, 0.3) is 0 Å². The summed E-state index contributed by atoms with van der Waals surface area (Å²) in [5, 5.41) is 41.4. The lowest BCUT2D eigenvalue weighted by molar-refractivity contribution is -0.357. The van der Waals surface area contributed by atoms with E-state index in [0.717, 1.165) is 24.8 Å². The molecule has 36 heavy (non-hydrogen) atoms. The highest BCUT2D eigenvalue weighted by molar-refractivity contribution is 5.13. The fourth-order valence-electron chi connectivity index (χ4n) is 4.61. The van der Waals surface area contributed by atoms with E-state index in [9.17, 15) is 20.4 Å². The van der Waals surface area contributed by atoms with E-state index in [2.05, 4.69) is 6.92 Å². The Bertz CT molecular complexity index is 720. The second-order valence-corrected chi connectivity index (χ2v) is 9.79. The monoisotopic (exact) mass is 512 g/mol. The van der Waals surface area contributed by atoms with Crippen molar-refractivity contribution in [2.24, 2.45) is 0 Å². The summed E-state index contributed by atoms with van der Waals surface area (Å²) in [7, 11) is 0. The molecule has 2 saturated heterocycles. The number of aliphatic hydroxyl groups is 4. The Labute approximate surface area is 214 Å². The van der Waals surface area contributed by atoms with E-state index < -0.39 is 49.7 Å². The first-order valence-electron chi connectivity index (χ1n) is 13.3. The first kappa shape index (κ1) is 29.4. The number of unbranched alkanes of at least 4 members (excludes halogenated alkanes) is 5. The minimum atomic E-state index is -1.39. The summed E-state index contributed by atoms with van der Waals surface area (Å²) < 4.78 is 29.4. The third-order valence-corrected chi connectivity index (χ3v) is 6.86. The molecule has 0 saturated carbocycles. The first-order valence-corrected chi connectivity index (χ1v) is 13.3. The highest BCUT2D eigenvalue weighted by Gasteiger charge is 2.48. The molecule has 1 aromatic rings. The van der Waals surface area contributed by atoms with Crippen LogP contribution in [0.1, 0.15) is 64.4 Å². The van der Waals surface area contributed by atoms with Gasteiger partial charge in [0, 0.05) is 13.0 Å². The molecule has 0 aliphatic carbocycles. The van der Waals surface area contributed by atoms with E-state index in [1.54, 1.807) is 0 Å². The highest BCUT2D eigenvalue weighted by atomic mass is 16.8. The van der Waals surface area contributed by atoms with E-state index in [0.29, 0.717) is 13.2 Å². The summed E-state index contributed by atoms with van der Waals surface area (Å²) >= 11 is 0. The van der Waals surface area contributed by atoms with Gasteiger partial charge in [-0.15, -0.1) is 0 Å². The van der Waals surface area contributed by atoms with Gasteiger partial charge >= 0.3 is 0 Å². The largest absolute Gasteiger partial charge is 0.394 e. The standard InChI is InChI=1S/C27H44O9/c1-3-4-5-6-7-11-14-32-27-25(24(31)23(30)22(16-28)35-27)36-26-20(29)15-21(18(2)34-26)33-17-19-12-9-8-10-13-19/h8-10,12-13,18,20-31H,3-7,11,14-17H2,1-2H3/t18-,20-,21-,22+,23-,24-,25+,26-,27+/m0/s1. The lowest BCUT2D eigenvalue weighted by atomic mass is 9.98. The molecule has 3 rings (SSSR count). The van der Waals surface area contributed by atoms with Gasteiger partial charge in [-0.05, 0) is 18.9 Å². The summed E-state index contributed by atoms with van der Waals surface area (Å²) in [6.45, 7) is 4.33. The summed E-state index contributed by atoms with van der Waals surface area (Å²) in [5.41, 5.74) is 1.03. The van der Waals surface area contributed by atoms with Crippen LogP contribution in [0.4, 0.5) is 0 Å². The Morgan fingerprint density at radius 2 is 1.61 bits per heavy atom. The fraction of sp³-hybridized carbons (Fsp3) is 0.778. The van der Waals surface area contributed by atoms with Gasteiger partial charge in [0.2, 0.25) is 0 Å². The molecule has 0 spiro atoms. The lowest BCUT2D eigenvalue weighted by Crippen LogP contribution is -2.62. The third-order valence-electron chi connectivity index (χ3n) is 6.86. The SMILES string of the molecule is CCCCCCCCO[C@@H]1O[C@H](CO)[C@H](O)[C@H](O)[C@H]1O[C@@H]1O[C@@H](C)[C@@H](OCc2ccccc2)C[C@@H]1O. The van der Waals surface area contributed by atoms with Crippen LogP contribution in [0.2, 0.25) is 0 Å². The second-order valence-electron chi connectivity index (χ2n) is 9.79. The molecule has 0 amide bonds. The number of benzene rings is 1. The highest BCUT2D eigenvalue weighted by Crippen LogP contribution is 2.30. The van der Waals surface area contributed by atoms with E-state index in [1.807, 2.05) is 37.3 Å². The van der Waals surface area contributed by atoms with Gasteiger partial charge in [0.1, 0.15) is 30.5 Å². The second kappa shape index (κ2) is 15.3. The van der Waals surface area contributed by atoms with Gasteiger partial charge in [0.15, 0.2) is 12.6 Å². The molecule has 0 unspecified atom stereocenters. The Balaban J connectivity index is 1.54. The fourth-order valence-corrected chi connectivity index (χ4v) is 4.61. The minimum absolute atomic E-state index is 0.285. The lowest BCUT2D eigenvalue weighted by Gasteiger charge is -2.45. The topological polar surface area (TPSA) is 127 Å². The number of rotatable bonds is 14. The van der Waals surface area contributed by atoms with Gasteiger partial charge in [-0.1, -0.05) is 69.4 Å². The Hall–Kier alpha value is -1.14. The third kappa shape index (κ3) is 8.44. The number of hydrogen-bond donors (Lipinski definition) is 4. The molecule has 9 heteroatoms. The van der Waals surface area contributed by atoms with Crippen LogP contribution in [-0.2, 0) is 30.3 Å². The molecule has 2 aliphatic rings. The average molecular weight is 513 g/mol. The molecular formula is C27H44O9. The van der Waals surface area contributed by atoms with E-state index in [1.165, 1.54) is 19.3 Å². The van der Waals surface area contributed by atoms with Crippen molar-refractivity contribution in [2.45, 2.75) is 121 Å². The van der Waals surface area contributed by atoms with Crippen molar-refractivity contribution in [2.75, 3.05) is 13.2 Å². The van der Waals surface area contributed by atoms with Crippen LogP contribution in [0, 0.1) is 0 Å². The number of hydrogen-bond acceptors (Lipinski definition) is 9. The average Bonchev–Trinajstić information content (AvgIpc) is 2.88. The molecule has 2 aliphatic heterocycles. The van der Waals surface area contributed by atoms with Gasteiger partial charge < -0.3 is 44.1 Å². The molecule has 2 fully saturated rings. The minimum Gasteiger partial charge on any atom is -0.394 e. The van der Waals surface area contributed by atoms with Crippen molar-refractivity contribution in [3.05, 3.63) is 35.9 Å². The molecule has 1 aromatic carbocycles. The van der Waals surface area contributed by atoms with Gasteiger partial charge in [-0.3, -0.25) is 0 Å². The van der Waals surface area contributed by atoms with Gasteiger partial charge in [0.05, 0.1) is 25.4 Å². The molecule has 2 heterocycles. The van der Waals surface area contributed by atoms with Crippen LogP contribution in [0.5, 0.6) is 0 Å². The quantitative estimate of drug-likeness (QED) is 0.278. The predicted octanol–water partition coefficient (Wildman–Crippen LogP) is 2.27. The van der Waals surface area contributed by atoms with Crippen LogP contribution >= 0.6 is 0 Å². The summed E-state index contributed by atoms with van der Waals surface area (Å²) in [6, 6.07) is 9.76. The zero-order chi connectivity index (χ0) is 25.9. The maximum atomic E-state index is 10.7. The van der Waals surface area contributed by atoms with Crippen LogP contribution in [0.3, 0.4) is 0 Å². The molecular weight excluding hydrogens is 468 g/mol. The zero-order valence-corrected chi connectivity index (χ0v) is 21.5. The van der Waals surface area contributed by atoms with Crippen LogP contribution in [-0.4, -0.2) is 88.9 Å².